The second-order valence-corrected chi connectivity index (χ2v) is 4.67. The fraction of sp³-hybridized carbons (Fsp3) is 0.273. The minimum atomic E-state index is -0.620. The topological polar surface area (TPSA) is 49.4 Å². The highest BCUT2D eigenvalue weighted by Gasteiger charge is 2.36. The Kier molecular flexibility index (Phi) is 3.15. The fourth-order valence-electron chi connectivity index (χ4n) is 1.66. The van der Waals surface area contributed by atoms with Crippen LogP contribution in [0.15, 0.2) is 22.7 Å². The highest BCUT2D eigenvalue weighted by Crippen LogP contribution is 2.25. The summed E-state index contributed by atoms with van der Waals surface area (Å²) in [5.41, 5.74) is 0.464. The Bertz CT molecular complexity index is 492. The van der Waals surface area contributed by atoms with Gasteiger partial charge in [0.1, 0.15) is 11.9 Å². The number of hydrogen-bond acceptors (Lipinski definition) is 3. The molecule has 6 heteroatoms. The van der Waals surface area contributed by atoms with Gasteiger partial charge in [0, 0.05) is 11.5 Å². The number of hydrogen-bond donors (Lipinski definition) is 1. The van der Waals surface area contributed by atoms with Crippen LogP contribution in [0.1, 0.15) is 6.42 Å². The molecule has 1 unspecified atom stereocenters. The highest BCUT2D eigenvalue weighted by molar-refractivity contribution is 9.10. The minimum Gasteiger partial charge on any atom is -0.372 e. The number of nitrogens with one attached hydrogen (secondary N) is 1. The van der Waals surface area contributed by atoms with Crippen molar-refractivity contribution in [2.24, 2.45) is 0 Å². The lowest BCUT2D eigenvalue weighted by Gasteiger charge is -2.13. The summed E-state index contributed by atoms with van der Waals surface area (Å²) in [4.78, 5) is 24.0. The maximum Gasteiger partial charge on any atom is 0.251 e. The number of carbonyl (C=O) groups excluding carboxylic acids is 2. The number of imide groups is 1. The molecule has 0 aliphatic carbocycles. The number of nitrogens with zero attached hydrogens (tertiary/aromatic N) is 1. The van der Waals surface area contributed by atoms with E-state index in [4.69, 9.17) is 0 Å². The average molecular weight is 301 g/mol. The molecule has 1 fully saturated rings. The van der Waals surface area contributed by atoms with Crippen LogP contribution in [0.5, 0.6) is 0 Å². The lowest BCUT2D eigenvalue weighted by atomic mass is 10.2. The fourth-order valence-corrected chi connectivity index (χ4v) is 2.03. The third-order valence-electron chi connectivity index (χ3n) is 2.64. The largest absolute Gasteiger partial charge is 0.372 e. The molecule has 1 aromatic carbocycles. The van der Waals surface area contributed by atoms with Crippen LogP contribution >= 0.6 is 15.9 Å². The molecule has 0 radical (unpaired) electrons. The van der Waals surface area contributed by atoms with Gasteiger partial charge in [-0.2, -0.15) is 0 Å². The second kappa shape index (κ2) is 4.44. The highest BCUT2D eigenvalue weighted by atomic mass is 79.9. The molecule has 1 saturated heterocycles. The van der Waals surface area contributed by atoms with E-state index in [2.05, 4.69) is 21.2 Å². The van der Waals surface area contributed by atoms with E-state index in [-0.39, 0.29) is 18.2 Å². The Morgan fingerprint density at radius 2 is 2.18 bits per heavy atom. The van der Waals surface area contributed by atoms with Gasteiger partial charge in [0.25, 0.3) is 5.91 Å². The molecular weight excluding hydrogens is 291 g/mol. The van der Waals surface area contributed by atoms with Gasteiger partial charge in [-0.15, -0.1) is 0 Å². The SMILES string of the molecule is CN1C(=O)CC(Nc2cc(F)ccc2Br)C1=O. The monoisotopic (exact) mass is 300 g/mol. The quantitative estimate of drug-likeness (QED) is 0.847. The van der Waals surface area contributed by atoms with Gasteiger partial charge in [-0.25, -0.2) is 4.39 Å². The van der Waals surface area contributed by atoms with Gasteiger partial charge in [-0.1, -0.05) is 0 Å². The molecule has 1 atom stereocenters. The summed E-state index contributed by atoms with van der Waals surface area (Å²) in [6.45, 7) is 0. The van der Waals surface area contributed by atoms with Crippen LogP contribution in [0.2, 0.25) is 0 Å². The molecule has 90 valence electrons. The first kappa shape index (κ1) is 12.0. The van der Waals surface area contributed by atoms with Crippen molar-refractivity contribution >= 4 is 33.4 Å². The van der Waals surface area contributed by atoms with E-state index >= 15 is 0 Å². The lowest BCUT2D eigenvalue weighted by molar-refractivity contribution is -0.136. The molecule has 1 aliphatic rings. The maximum atomic E-state index is 13.0. The van der Waals surface area contributed by atoms with E-state index in [0.29, 0.717) is 10.2 Å². The summed E-state index contributed by atoms with van der Waals surface area (Å²) in [6.07, 6.45) is 0.0955. The van der Waals surface area contributed by atoms with E-state index in [1.807, 2.05) is 0 Å². The molecule has 2 rings (SSSR count). The zero-order valence-corrected chi connectivity index (χ0v) is 10.6. The first-order valence-electron chi connectivity index (χ1n) is 5.01. The van der Waals surface area contributed by atoms with Crippen molar-refractivity contribution in [3.8, 4) is 0 Å². The summed E-state index contributed by atoms with van der Waals surface area (Å²) in [6, 6.07) is 3.51. The summed E-state index contributed by atoms with van der Waals surface area (Å²) >= 11 is 3.25. The Morgan fingerprint density at radius 1 is 1.47 bits per heavy atom. The van der Waals surface area contributed by atoms with Crippen LogP contribution in [0.4, 0.5) is 10.1 Å². The first-order chi connectivity index (χ1) is 7.99. The second-order valence-electron chi connectivity index (χ2n) is 3.82. The normalized spacial score (nSPS) is 19.9. The van der Waals surface area contributed by atoms with Crippen molar-refractivity contribution in [2.75, 3.05) is 12.4 Å². The van der Waals surface area contributed by atoms with Crippen LogP contribution in [-0.4, -0.2) is 29.8 Å². The molecule has 0 spiro atoms. The van der Waals surface area contributed by atoms with Crippen molar-refractivity contribution in [2.45, 2.75) is 12.5 Å². The van der Waals surface area contributed by atoms with Crippen molar-refractivity contribution in [1.29, 1.82) is 0 Å². The molecule has 1 aliphatic heterocycles. The van der Waals surface area contributed by atoms with Gasteiger partial charge in [0.05, 0.1) is 12.1 Å². The zero-order valence-electron chi connectivity index (χ0n) is 9.04. The van der Waals surface area contributed by atoms with Crippen LogP contribution < -0.4 is 5.32 Å². The Hall–Kier alpha value is -1.43. The van der Waals surface area contributed by atoms with Crippen molar-refractivity contribution in [1.82, 2.24) is 4.90 Å². The van der Waals surface area contributed by atoms with Gasteiger partial charge < -0.3 is 5.32 Å². The standard InChI is InChI=1S/C11H10BrFN2O2/c1-15-10(16)5-9(11(15)17)14-8-4-6(13)2-3-7(8)12/h2-4,9,14H,5H2,1H3. The van der Waals surface area contributed by atoms with E-state index in [1.165, 1.54) is 19.2 Å². The lowest BCUT2D eigenvalue weighted by Crippen LogP contribution is -2.31. The van der Waals surface area contributed by atoms with E-state index < -0.39 is 11.9 Å². The van der Waals surface area contributed by atoms with Crippen LogP contribution in [-0.2, 0) is 9.59 Å². The van der Waals surface area contributed by atoms with Crippen molar-refractivity contribution < 1.29 is 14.0 Å². The third kappa shape index (κ3) is 2.31. The van der Waals surface area contributed by atoms with E-state index in [0.717, 1.165) is 4.90 Å². The van der Waals surface area contributed by atoms with Gasteiger partial charge in [0.2, 0.25) is 5.91 Å². The van der Waals surface area contributed by atoms with Gasteiger partial charge >= 0.3 is 0 Å². The Labute approximate surface area is 106 Å². The summed E-state index contributed by atoms with van der Waals surface area (Å²) in [5.74, 6) is -0.938. The van der Waals surface area contributed by atoms with Gasteiger partial charge in [-0.05, 0) is 34.1 Å². The molecule has 1 aromatic rings. The van der Waals surface area contributed by atoms with E-state index in [1.54, 1.807) is 6.07 Å². The number of anilines is 1. The van der Waals surface area contributed by atoms with Crippen molar-refractivity contribution in [3.05, 3.63) is 28.5 Å². The predicted octanol–water partition coefficient (Wildman–Crippen LogP) is 1.76. The van der Waals surface area contributed by atoms with Crippen LogP contribution in [0.3, 0.4) is 0 Å². The smallest absolute Gasteiger partial charge is 0.251 e. The zero-order chi connectivity index (χ0) is 12.6. The molecule has 1 heterocycles. The summed E-state index contributed by atoms with van der Waals surface area (Å²) in [7, 11) is 1.44. The Morgan fingerprint density at radius 3 is 2.76 bits per heavy atom. The number of likely N-dealkylation sites (tertiary alicyclic amines) is 1. The Balaban J connectivity index is 2.19. The molecule has 2 amide bonds. The predicted molar refractivity (Wildman–Crippen MR) is 63.9 cm³/mol. The number of likely N-dealkylation sites (N-methyl/N-ethyl adjacent to an activating group) is 1. The summed E-state index contributed by atoms with van der Waals surface area (Å²) in [5, 5.41) is 2.86. The third-order valence-corrected chi connectivity index (χ3v) is 3.33. The van der Waals surface area contributed by atoms with Gasteiger partial charge in [-0.3, -0.25) is 14.5 Å². The van der Waals surface area contributed by atoms with Crippen molar-refractivity contribution in [3.63, 3.8) is 0 Å². The summed E-state index contributed by atoms with van der Waals surface area (Å²) < 4.78 is 13.7. The van der Waals surface area contributed by atoms with Crippen LogP contribution in [0, 0.1) is 5.82 Å². The minimum absolute atomic E-state index is 0.0955. The van der Waals surface area contributed by atoms with Crippen LogP contribution in [0.25, 0.3) is 0 Å². The molecule has 17 heavy (non-hydrogen) atoms. The molecule has 4 nitrogen and oxygen atoms in total. The first-order valence-corrected chi connectivity index (χ1v) is 5.80. The number of amides is 2. The number of carbonyl (C=O) groups is 2. The number of rotatable bonds is 2. The molecule has 0 aromatic heterocycles. The molecule has 1 N–H and O–H groups in total. The molecule has 0 saturated carbocycles. The maximum absolute atomic E-state index is 13.0. The molecule has 0 bridgehead atoms. The van der Waals surface area contributed by atoms with E-state index in [9.17, 15) is 14.0 Å². The molecular formula is C11H10BrFN2O2. The average Bonchev–Trinajstić information content (AvgIpc) is 2.52. The van der Waals surface area contributed by atoms with Gasteiger partial charge in [0.15, 0.2) is 0 Å². The number of halogens is 2. The number of benzene rings is 1.